The van der Waals surface area contributed by atoms with Gasteiger partial charge in [-0.3, -0.25) is 4.79 Å². The molecule has 0 aliphatic heterocycles. The van der Waals surface area contributed by atoms with Crippen LogP contribution < -0.4 is 0 Å². The molecule has 0 heterocycles. The Bertz CT molecular complexity index is 593. The van der Waals surface area contributed by atoms with E-state index in [1.165, 1.54) is 24.2 Å². The van der Waals surface area contributed by atoms with E-state index in [-0.39, 0.29) is 5.41 Å². The van der Waals surface area contributed by atoms with E-state index < -0.39 is 0 Å². The first-order valence-electron chi connectivity index (χ1n) is 8.33. The summed E-state index contributed by atoms with van der Waals surface area (Å²) in [6.07, 6.45) is 8.98. The Morgan fingerprint density at radius 1 is 1.19 bits per heavy atom. The van der Waals surface area contributed by atoms with Gasteiger partial charge in [0.2, 0.25) is 0 Å². The van der Waals surface area contributed by atoms with Crippen molar-refractivity contribution >= 4 is 17.5 Å². The maximum absolute atomic E-state index is 12.3. The standard InChI is InChI=1S/C19H24OS/c1-19-10-9-14-15(17(19)7-8-18(19)20)6-4-12-3-5-13(21-2)11-16(12)14/h3,5,11,14-15,17H,4,6-10H2,1-2H3. The van der Waals surface area contributed by atoms with Crippen LogP contribution in [0.15, 0.2) is 23.1 Å². The molecule has 0 saturated heterocycles. The molecule has 4 atom stereocenters. The van der Waals surface area contributed by atoms with Crippen LogP contribution in [0.4, 0.5) is 0 Å². The predicted octanol–water partition coefficient (Wildman–Crippen LogP) is 4.83. The SMILES string of the molecule is CSc1ccc2c(c1)C1CCC3(C)C(=O)CCC3C1CC2. The summed E-state index contributed by atoms with van der Waals surface area (Å²) in [6, 6.07) is 7.07. The maximum Gasteiger partial charge on any atom is 0.139 e. The Labute approximate surface area is 131 Å². The van der Waals surface area contributed by atoms with Gasteiger partial charge in [-0.15, -0.1) is 11.8 Å². The molecule has 2 fully saturated rings. The Morgan fingerprint density at radius 2 is 2.05 bits per heavy atom. The van der Waals surface area contributed by atoms with Crippen molar-refractivity contribution in [3.05, 3.63) is 29.3 Å². The highest BCUT2D eigenvalue weighted by Gasteiger charge is 2.54. The third-order valence-corrected chi connectivity index (χ3v) is 7.37. The minimum atomic E-state index is 0.00971. The van der Waals surface area contributed by atoms with E-state index in [2.05, 4.69) is 31.4 Å². The van der Waals surface area contributed by atoms with Crippen LogP contribution >= 0.6 is 11.8 Å². The number of hydrogen-bond acceptors (Lipinski definition) is 2. The van der Waals surface area contributed by atoms with E-state index in [1.807, 2.05) is 11.8 Å². The number of hydrogen-bond donors (Lipinski definition) is 0. The summed E-state index contributed by atoms with van der Waals surface area (Å²) < 4.78 is 0. The largest absolute Gasteiger partial charge is 0.299 e. The number of ketones is 1. The zero-order valence-electron chi connectivity index (χ0n) is 13.0. The lowest BCUT2D eigenvalue weighted by molar-refractivity contribution is -0.129. The molecule has 4 unspecified atom stereocenters. The number of benzene rings is 1. The minimum absolute atomic E-state index is 0.00971. The van der Waals surface area contributed by atoms with E-state index in [1.54, 1.807) is 11.1 Å². The topological polar surface area (TPSA) is 17.1 Å². The molecule has 3 aliphatic carbocycles. The number of thioether (sulfide) groups is 1. The van der Waals surface area contributed by atoms with Gasteiger partial charge in [0.15, 0.2) is 0 Å². The van der Waals surface area contributed by atoms with Crippen molar-refractivity contribution in [1.82, 2.24) is 0 Å². The fourth-order valence-corrected chi connectivity index (χ4v) is 5.89. The number of aryl methyl sites for hydroxylation is 1. The normalized spacial score (nSPS) is 37.8. The highest BCUT2D eigenvalue weighted by molar-refractivity contribution is 7.98. The molecule has 1 aromatic rings. The summed E-state index contributed by atoms with van der Waals surface area (Å²) in [5, 5.41) is 0. The van der Waals surface area contributed by atoms with Crippen molar-refractivity contribution in [2.24, 2.45) is 17.3 Å². The van der Waals surface area contributed by atoms with Gasteiger partial charge in [0, 0.05) is 16.7 Å². The van der Waals surface area contributed by atoms with Gasteiger partial charge in [-0.05, 0) is 79.4 Å². The zero-order valence-corrected chi connectivity index (χ0v) is 13.8. The molecule has 0 amide bonds. The average molecular weight is 300 g/mol. The van der Waals surface area contributed by atoms with E-state index >= 15 is 0 Å². The molecule has 112 valence electrons. The Hall–Kier alpha value is -0.760. The number of Topliss-reactive ketones (excluding diaryl/α,β-unsaturated/α-hetero) is 1. The molecular formula is C19H24OS. The summed E-state index contributed by atoms with van der Waals surface area (Å²) in [4.78, 5) is 13.7. The zero-order chi connectivity index (χ0) is 14.6. The molecule has 3 aliphatic rings. The van der Waals surface area contributed by atoms with Gasteiger partial charge in [-0.1, -0.05) is 13.0 Å². The molecular weight excluding hydrogens is 276 g/mol. The average Bonchev–Trinajstić information content (AvgIpc) is 2.82. The molecule has 0 radical (unpaired) electrons. The quantitative estimate of drug-likeness (QED) is 0.691. The maximum atomic E-state index is 12.3. The van der Waals surface area contributed by atoms with Crippen LogP contribution in [0.2, 0.25) is 0 Å². The lowest BCUT2D eigenvalue weighted by Crippen LogP contribution is -2.42. The Kier molecular flexibility index (Phi) is 3.22. The van der Waals surface area contributed by atoms with Gasteiger partial charge >= 0.3 is 0 Å². The van der Waals surface area contributed by atoms with Gasteiger partial charge in [0.25, 0.3) is 0 Å². The van der Waals surface area contributed by atoms with Crippen molar-refractivity contribution in [3.63, 3.8) is 0 Å². The van der Waals surface area contributed by atoms with Crippen molar-refractivity contribution < 1.29 is 4.79 Å². The van der Waals surface area contributed by atoms with Gasteiger partial charge in [-0.2, -0.15) is 0 Å². The number of fused-ring (bicyclic) bond motifs is 5. The van der Waals surface area contributed by atoms with Crippen molar-refractivity contribution in [2.45, 2.75) is 56.3 Å². The van der Waals surface area contributed by atoms with E-state index in [0.29, 0.717) is 17.6 Å². The molecule has 4 rings (SSSR count). The van der Waals surface area contributed by atoms with Crippen molar-refractivity contribution in [1.29, 1.82) is 0 Å². The highest BCUT2D eigenvalue weighted by Crippen LogP contribution is 2.59. The minimum Gasteiger partial charge on any atom is -0.299 e. The molecule has 1 aromatic carbocycles. The fourth-order valence-electron chi connectivity index (χ4n) is 5.44. The second-order valence-electron chi connectivity index (χ2n) is 7.40. The first kappa shape index (κ1) is 13.9. The Morgan fingerprint density at radius 3 is 2.86 bits per heavy atom. The molecule has 0 spiro atoms. The van der Waals surface area contributed by atoms with Crippen molar-refractivity contribution in [3.8, 4) is 0 Å². The third kappa shape index (κ3) is 1.94. The van der Waals surface area contributed by atoms with E-state index in [4.69, 9.17) is 0 Å². The third-order valence-electron chi connectivity index (χ3n) is 6.65. The van der Waals surface area contributed by atoms with Crippen LogP contribution in [0.25, 0.3) is 0 Å². The van der Waals surface area contributed by atoms with Crippen LogP contribution in [-0.4, -0.2) is 12.0 Å². The molecule has 0 N–H and O–H groups in total. The monoisotopic (exact) mass is 300 g/mol. The van der Waals surface area contributed by atoms with Crippen LogP contribution in [0.1, 0.15) is 56.1 Å². The number of carbonyl (C=O) groups excluding carboxylic acids is 1. The van der Waals surface area contributed by atoms with Crippen molar-refractivity contribution in [2.75, 3.05) is 6.26 Å². The summed E-state index contributed by atoms with van der Waals surface area (Å²) >= 11 is 1.85. The molecule has 0 aromatic heterocycles. The lowest BCUT2D eigenvalue weighted by atomic mass is 9.55. The molecule has 21 heavy (non-hydrogen) atoms. The summed E-state index contributed by atoms with van der Waals surface area (Å²) in [7, 11) is 0. The molecule has 0 bridgehead atoms. The second kappa shape index (κ2) is 4.87. The van der Waals surface area contributed by atoms with Gasteiger partial charge < -0.3 is 0 Å². The first-order valence-corrected chi connectivity index (χ1v) is 9.56. The van der Waals surface area contributed by atoms with Gasteiger partial charge in [0.1, 0.15) is 5.78 Å². The predicted molar refractivity (Wildman–Crippen MR) is 87.8 cm³/mol. The summed E-state index contributed by atoms with van der Waals surface area (Å²) in [6.45, 7) is 2.26. The van der Waals surface area contributed by atoms with Gasteiger partial charge in [-0.25, -0.2) is 0 Å². The molecule has 2 heteroatoms. The lowest BCUT2D eigenvalue weighted by Gasteiger charge is -2.48. The first-order chi connectivity index (χ1) is 10.1. The van der Waals surface area contributed by atoms with Crippen LogP contribution in [0, 0.1) is 17.3 Å². The highest BCUT2D eigenvalue weighted by atomic mass is 32.2. The van der Waals surface area contributed by atoms with Crippen LogP contribution in [0.3, 0.4) is 0 Å². The van der Waals surface area contributed by atoms with E-state index in [0.717, 1.165) is 25.2 Å². The Balaban J connectivity index is 1.72. The second-order valence-corrected chi connectivity index (χ2v) is 8.28. The number of rotatable bonds is 1. The summed E-state index contributed by atoms with van der Waals surface area (Å²) in [5.41, 5.74) is 3.19. The van der Waals surface area contributed by atoms with E-state index in [9.17, 15) is 4.79 Å². The number of carbonyl (C=O) groups is 1. The van der Waals surface area contributed by atoms with Crippen LogP contribution in [0.5, 0.6) is 0 Å². The van der Waals surface area contributed by atoms with Crippen LogP contribution in [-0.2, 0) is 11.2 Å². The molecule has 2 saturated carbocycles. The molecule has 1 nitrogen and oxygen atoms in total. The smallest absolute Gasteiger partial charge is 0.139 e. The van der Waals surface area contributed by atoms with Gasteiger partial charge in [0.05, 0.1) is 0 Å². The summed E-state index contributed by atoms with van der Waals surface area (Å²) in [5.74, 6) is 2.66. The fraction of sp³-hybridized carbons (Fsp3) is 0.632.